The molecule has 1 fully saturated rings. The van der Waals surface area contributed by atoms with E-state index in [1.807, 2.05) is 18.3 Å². The molecule has 1 atom stereocenters. The highest BCUT2D eigenvalue weighted by atomic mass is 35.5. The lowest BCUT2D eigenvalue weighted by Crippen LogP contribution is -2.47. The minimum absolute atomic E-state index is 0.209. The average molecular weight is 320 g/mol. The number of piperazine rings is 1. The predicted octanol–water partition coefficient (Wildman–Crippen LogP) is 1.70. The van der Waals surface area contributed by atoms with E-state index in [4.69, 9.17) is 11.6 Å². The summed E-state index contributed by atoms with van der Waals surface area (Å²) in [4.78, 5) is 20.5. The molecule has 2 aromatic rings. The van der Waals surface area contributed by atoms with Gasteiger partial charge in [0, 0.05) is 38.4 Å². The van der Waals surface area contributed by atoms with Crippen LogP contribution in [0, 0.1) is 0 Å². The molecule has 3 heterocycles. The van der Waals surface area contributed by atoms with Crippen LogP contribution < -0.4 is 10.5 Å². The molecule has 1 aliphatic rings. The lowest BCUT2D eigenvalue weighted by molar-refractivity contribution is 0.195. The zero-order chi connectivity index (χ0) is 15.5. The predicted molar refractivity (Wildman–Crippen MR) is 86.3 cm³/mol. The van der Waals surface area contributed by atoms with Gasteiger partial charge in [-0.3, -0.25) is 14.7 Å². The van der Waals surface area contributed by atoms with Crippen molar-refractivity contribution in [3.8, 4) is 0 Å². The molecule has 0 aromatic carbocycles. The Morgan fingerprint density at radius 1 is 1.27 bits per heavy atom. The summed E-state index contributed by atoms with van der Waals surface area (Å²) in [5.74, 6) is 0. The average Bonchev–Trinajstić information content (AvgIpc) is 2.58. The number of aromatic nitrogens is 3. The van der Waals surface area contributed by atoms with Crippen LogP contribution in [0.4, 0.5) is 5.69 Å². The molecule has 22 heavy (non-hydrogen) atoms. The van der Waals surface area contributed by atoms with E-state index in [2.05, 4.69) is 38.0 Å². The molecular formula is C15H18ClN5O. The van der Waals surface area contributed by atoms with Crippen molar-refractivity contribution >= 4 is 17.3 Å². The third-order valence-electron chi connectivity index (χ3n) is 4.10. The second kappa shape index (κ2) is 6.46. The maximum atomic E-state index is 11.5. The number of anilines is 1. The molecule has 0 radical (unpaired) electrons. The maximum absolute atomic E-state index is 11.5. The number of hydrogen-bond donors (Lipinski definition) is 1. The van der Waals surface area contributed by atoms with Gasteiger partial charge < -0.3 is 4.90 Å². The lowest BCUT2D eigenvalue weighted by Gasteiger charge is -2.38. The minimum Gasteiger partial charge on any atom is -0.366 e. The molecule has 2 aromatic heterocycles. The molecule has 7 heteroatoms. The van der Waals surface area contributed by atoms with Gasteiger partial charge in [0.05, 0.1) is 17.6 Å². The highest BCUT2D eigenvalue weighted by Gasteiger charge is 2.24. The summed E-state index contributed by atoms with van der Waals surface area (Å²) in [5.41, 5.74) is 1.44. The van der Waals surface area contributed by atoms with Crippen LogP contribution in [0.3, 0.4) is 0 Å². The summed E-state index contributed by atoms with van der Waals surface area (Å²) in [5, 5.41) is 6.39. The third-order valence-corrected chi connectivity index (χ3v) is 4.46. The Morgan fingerprint density at radius 2 is 2.05 bits per heavy atom. The Bertz CT molecular complexity index is 682. The summed E-state index contributed by atoms with van der Waals surface area (Å²) in [6.45, 7) is 5.56. The fourth-order valence-corrected chi connectivity index (χ4v) is 2.97. The Labute approximate surface area is 133 Å². The first kappa shape index (κ1) is 15.0. The number of aromatic amines is 1. The van der Waals surface area contributed by atoms with Gasteiger partial charge in [-0.15, -0.1) is 0 Å². The van der Waals surface area contributed by atoms with E-state index < -0.39 is 0 Å². The first-order valence-corrected chi connectivity index (χ1v) is 7.67. The van der Waals surface area contributed by atoms with E-state index in [-0.39, 0.29) is 16.6 Å². The van der Waals surface area contributed by atoms with Crippen molar-refractivity contribution in [3.05, 3.63) is 51.7 Å². The number of hydrogen-bond acceptors (Lipinski definition) is 5. The fraction of sp³-hybridized carbons (Fsp3) is 0.400. The number of H-pyrrole nitrogens is 1. The van der Waals surface area contributed by atoms with Crippen molar-refractivity contribution in [2.24, 2.45) is 0 Å². The maximum Gasteiger partial charge on any atom is 0.285 e. The number of rotatable bonds is 3. The molecule has 116 valence electrons. The summed E-state index contributed by atoms with van der Waals surface area (Å²) >= 11 is 6.07. The quantitative estimate of drug-likeness (QED) is 0.933. The molecule has 3 rings (SSSR count). The Kier molecular flexibility index (Phi) is 4.40. The van der Waals surface area contributed by atoms with Gasteiger partial charge in [0.25, 0.3) is 5.56 Å². The molecular weight excluding hydrogens is 302 g/mol. The van der Waals surface area contributed by atoms with Crippen LogP contribution in [-0.4, -0.2) is 46.3 Å². The topological polar surface area (TPSA) is 65.1 Å². The molecule has 0 amide bonds. The van der Waals surface area contributed by atoms with Crippen molar-refractivity contribution in [3.63, 3.8) is 0 Å². The lowest BCUT2D eigenvalue weighted by atomic mass is 10.1. The summed E-state index contributed by atoms with van der Waals surface area (Å²) in [6, 6.07) is 6.26. The van der Waals surface area contributed by atoms with Crippen LogP contribution in [0.1, 0.15) is 18.7 Å². The van der Waals surface area contributed by atoms with Gasteiger partial charge in [0.2, 0.25) is 0 Å². The molecule has 0 unspecified atom stereocenters. The van der Waals surface area contributed by atoms with E-state index in [0.717, 1.165) is 31.9 Å². The van der Waals surface area contributed by atoms with Crippen LogP contribution in [0.15, 0.2) is 35.4 Å². The molecule has 0 bridgehead atoms. The van der Waals surface area contributed by atoms with E-state index in [0.29, 0.717) is 5.69 Å². The first-order valence-electron chi connectivity index (χ1n) is 7.30. The van der Waals surface area contributed by atoms with Crippen LogP contribution in [0.25, 0.3) is 0 Å². The van der Waals surface area contributed by atoms with Crippen molar-refractivity contribution in [2.75, 3.05) is 31.1 Å². The highest BCUT2D eigenvalue weighted by molar-refractivity contribution is 6.32. The summed E-state index contributed by atoms with van der Waals surface area (Å²) in [6.07, 6.45) is 3.44. The van der Waals surface area contributed by atoms with Gasteiger partial charge in [-0.1, -0.05) is 17.7 Å². The largest absolute Gasteiger partial charge is 0.366 e. The van der Waals surface area contributed by atoms with E-state index in [9.17, 15) is 4.79 Å². The van der Waals surface area contributed by atoms with Gasteiger partial charge in [0.1, 0.15) is 5.02 Å². The molecule has 1 saturated heterocycles. The molecule has 1 aliphatic heterocycles. The van der Waals surface area contributed by atoms with Gasteiger partial charge in [-0.05, 0) is 19.1 Å². The zero-order valence-corrected chi connectivity index (χ0v) is 13.1. The Morgan fingerprint density at radius 3 is 2.73 bits per heavy atom. The van der Waals surface area contributed by atoms with Gasteiger partial charge >= 0.3 is 0 Å². The van der Waals surface area contributed by atoms with E-state index in [1.54, 1.807) is 6.20 Å². The van der Waals surface area contributed by atoms with E-state index in [1.165, 1.54) is 0 Å². The van der Waals surface area contributed by atoms with Crippen LogP contribution >= 0.6 is 11.6 Å². The van der Waals surface area contributed by atoms with Crippen molar-refractivity contribution in [1.29, 1.82) is 0 Å². The SMILES string of the molecule is C[C@@H](c1ccccn1)N1CCN(c2cn[nH]c(=O)c2Cl)CC1. The van der Waals surface area contributed by atoms with Gasteiger partial charge in [0.15, 0.2) is 0 Å². The van der Waals surface area contributed by atoms with Crippen molar-refractivity contribution in [1.82, 2.24) is 20.1 Å². The molecule has 0 spiro atoms. The van der Waals surface area contributed by atoms with Crippen LogP contribution in [0.2, 0.25) is 5.02 Å². The van der Waals surface area contributed by atoms with Crippen LogP contribution in [0.5, 0.6) is 0 Å². The normalized spacial score (nSPS) is 17.5. The number of pyridine rings is 1. The molecule has 6 nitrogen and oxygen atoms in total. The molecule has 0 aliphatic carbocycles. The van der Waals surface area contributed by atoms with Crippen molar-refractivity contribution in [2.45, 2.75) is 13.0 Å². The standard InChI is InChI=1S/C15H18ClN5O/c1-11(12-4-2-3-5-17-12)20-6-8-21(9-7-20)13-10-18-19-15(22)14(13)16/h2-5,10-11H,6-9H2,1H3,(H,19,22)/t11-/m0/s1. The van der Waals surface area contributed by atoms with Gasteiger partial charge in [-0.25, -0.2) is 5.10 Å². The zero-order valence-electron chi connectivity index (χ0n) is 12.4. The van der Waals surface area contributed by atoms with E-state index >= 15 is 0 Å². The second-order valence-electron chi connectivity index (χ2n) is 5.35. The van der Waals surface area contributed by atoms with Gasteiger partial charge in [-0.2, -0.15) is 5.10 Å². The number of nitrogens with one attached hydrogen (secondary N) is 1. The fourth-order valence-electron chi connectivity index (χ4n) is 2.75. The minimum atomic E-state index is -0.344. The van der Waals surface area contributed by atoms with Crippen LogP contribution in [-0.2, 0) is 0 Å². The highest BCUT2D eigenvalue weighted by Crippen LogP contribution is 2.25. The smallest absolute Gasteiger partial charge is 0.285 e. The first-order chi connectivity index (χ1) is 10.7. The summed E-state index contributed by atoms with van der Waals surface area (Å²) < 4.78 is 0. The third kappa shape index (κ3) is 2.98. The monoisotopic (exact) mass is 319 g/mol. The number of nitrogens with zero attached hydrogens (tertiary/aromatic N) is 4. The van der Waals surface area contributed by atoms with Crippen molar-refractivity contribution < 1.29 is 0 Å². The summed E-state index contributed by atoms with van der Waals surface area (Å²) in [7, 11) is 0. The Hall–Kier alpha value is -1.92. The Balaban J connectivity index is 1.68. The number of halogens is 1. The second-order valence-corrected chi connectivity index (χ2v) is 5.73. The molecule has 0 saturated carbocycles. The molecule has 1 N–H and O–H groups in total.